The zero-order valence-corrected chi connectivity index (χ0v) is 8.57. The highest BCUT2D eigenvalue weighted by Crippen LogP contribution is 2.30. The Hall–Kier alpha value is -1.35. The molecule has 1 fully saturated rings. The van der Waals surface area contributed by atoms with Crippen LogP contribution >= 0.6 is 0 Å². The van der Waals surface area contributed by atoms with E-state index in [4.69, 9.17) is 4.42 Å². The van der Waals surface area contributed by atoms with E-state index in [0.29, 0.717) is 5.92 Å². The van der Waals surface area contributed by atoms with Crippen molar-refractivity contribution in [2.24, 2.45) is 0 Å². The van der Waals surface area contributed by atoms with Gasteiger partial charge in [0.15, 0.2) is 0 Å². The Labute approximate surface area is 88.5 Å². The summed E-state index contributed by atoms with van der Waals surface area (Å²) in [7, 11) is 0. The van der Waals surface area contributed by atoms with Crippen molar-refractivity contribution in [3.63, 3.8) is 0 Å². The summed E-state index contributed by atoms with van der Waals surface area (Å²) < 4.78 is 5.53. The smallest absolute Gasteiger partial charge is 0.137 e. The second-order valence-electron chi connectivity index (χ2n) is 4.11. The first-order valence-electron chi connectivity index (χ1n) is 5.47. The maximum absolute atomic E-state index is 5.53. The van der Waals surface area contributed by atoms with Crippen molar-refractivity contribution >= 4 is 11.0 Å². The van der Waals surface area contributed by atoms with Gasteiger partial charge in [-0.25, -0.2) is 0 Å². The third kappa shape index (κ3) is 1.53. The maximum atomic E-state index is 5.53. The average molecular weight is 202 g/mol. The van der Waals surface area contributed by atoms with E-state index in [0.717, 1.165) is 18.7 Å². The maximum Gasteiger partial charge on any atom is 0.137 e. The van der Waals surface area contributed by atoms with E-state index >= 15 is 0 Å². The molecular weight excluding hydrogens is 188 g/mol. The number of hydrogen-bond acceptors (Lipinski definition) is 3. The van der Waals surface area contributed by atoms with Crippen molar-refractivity contribution in [3.05, 3.63) is 30.3 Å². The number of nitrogens with zero attached hydrogens (tertiary/aromatic N) is 1. The molecular formula is C12H14N2O. The fraction of sp³-hybridized carbons (Fsp3) is 0.417. The normalized spacial score (nSPS) is 22.0. The molecule has 15 heavy (non-hydrogen) atoms. The highest BCUT2D eigenvalue weighted by molar-refractivity contribution is 5.80. The molecule has 0 saturated carbocycles. The first kappa shape index (κ1) is 8.92. The number of rotatable bonds is 1. The molecule has 1 unspecified atom stereocenters. The zero-order valence-electron chi connectivity index (χ0n) is 8.57. The van der Waals surface area contributed by atoms with Crippen LogP contribution in [0.25, 0.3) is 11.0 Å². The third-order valence-electron chi connectivity index (χ3n) is 3.14. The van der Waals surface area contributed by atoms with E-state index in [9.17, 15) is 0 Å². The van der Waals surface area contributed by atoms with Crippen LogP contribution in [0.15, 0.2) is 29.1 Å². The molecule has 1 aliphatic rings. The Morgan fingerprint density at radius 3 is 3.33 bits per heavy atom. The number of hydrogen-bond donors (Lipinski definition) is 1. The number of pyridine rings is 1. The first-order chi connectivity index (χ1) is 7.45. The first-order valence-corrected chi connectivity index (χ1v) is 5.47. The van der Waals surface area contributed by atoms with Gasteiger partial charge in [0.25, 0.3) is 0 Å². The zero-order chi connectivity index (χ0) is 10.1. The lowest BCUT2D eigenvalue weighted by Crippen LogP contribution is -2.28. The van der Waals surface area contributed by atoms with Gasteiger partial charge in [-0.3, -0.25) is 4.98 Å². The van der Waals surface area contributed by atoms with E-state index < -0.39 is 0 Å². The van der Waals surface area contributed by atoms with Crippen LogP contribution in [-0.2, 0) is 0 Å². The number of aromatic nitrogens is 1. The standard InChI is InChI=1S/C12H14N2O/c1-2-9(6-13-4-1)11-8-15-12-3-5-14-7-10(11)12/h3,5,7-9,13H,1-2,4,6H2. The molecule has 0 spiro atoms. The minimum atomic E-state index is 0.587. The molecule has 2 aromatic rings. The Morgan fingerprint density at radius 2 is 2.47 bits per heavy atom. The summed E-state index contributed by atoms with van der Waals surface area (Å²) in [4.78, 5) is 4.16. The van der Waals surface area contributed by atoms with E-state index in [1.807, 2.05) is 18.5 Å². The van der Waals surface area contributed by atoms with Crippen LogP contribution in [0.1, 0.15) is 24.3 Å². The number of furan rings is 1. The van der Waals surface area contributed by atoms with Crippen molar-refractivity contribution < 1.29 is 4.42 Å². The summed E-state index contributed by atoms with van der Waals surface area (Å²) in [6.45, 7) is 2.20. The van der Waals surface area contributed by atoms with Crippen LogP contribution in [0.3, 0.4) is 0 Å². The summed E-state index contributed by atoms with van der Waals surface area (Å²) in [6, 6.07) is 1.93. The molecule has 1 N–H and O–H groups in total. The third-order valence-corrected chi connectivity index (χ3v) is 3.14. The van der Waals surface area contributed by atoms with Crippen LogP contribution in [0.5, 0.6) is 0 Å². The van der Waals surface area contributed by atoms with Gasteiger partial charge in [-0.15, -0.1) is 0 Å². The lowest BCUT2D eigenvalue weighted by Gasteiger charge is -2.21. The quantitative estimate of drug-likeness (QED) is 0.771. The predicted octanol–water partition coefficient (Wildman–Crippen LogP) is 2.29. The van der Waals surface area contributed by atoms with E-state index in [1.54, 1.807) is 6.20 Å². The van der Waals surface area contributed by atoms with Crippen molar-refractivity contribution in [1.29, 1.82) is 0 Å². The highest BCUT2D eigenvalue weighted by Gasteiger charge is 2.19. The summed E-state index contributed by atoms with van der Waals surface area (Å²) in [5.41, 5.74) is 2.26. The molecule has 3 nitrogen and oxygen atoms in total. The van der Waals surface area contributed by atoms with Gasteiger partial charge in [0.05, 0.1) is 6.26 Å². The van der Waals surface area contributed by atoms with Gasteiger partial charge < -0.3 is 9.73 Å². The van der Waals surface area contributed by atoms with Gasteiger partial charge >= 0.3 is 0 Å². The summed E-state index contributed by atoms with van der Waals surface area (Å²) in [6.07, 6.45) is 8.07. The molecule has 78 valence electrons. The number of piperidine rings is 1. The second kappa shape index (κ2) is 3.66. The van der Waals surface area contributed by atoms with Crippen LogP contribution in [0.4, 0.5) is 0 Å². The molecule has 1 atom stereocenters. The molecule has 0 radical (unpaired) electrons. The van der Waals surface area contributed by atoms with Crippen LogP contribution in [0.2, 0.25) is 0 Å². The molecule has 1 aliphatic heterocycles. The molecule has 2 aromatic heterocycles. The van der Waals surface area contributed by atoms with Crippen molar-refractivity contribution in [3.8, 4) is 0 Å². The van der Waals surface area contributed by atoms with Crippen molar-refractivity contribution in [2.45, 2.75) is 18.8 Å². The highest BCUT2D eigenvalue weighted by atomic mass is 16.3. The number of fused-ring (bicyclic) bond motifs is 1. The Bertz CT molecular complexity index is 457. The molecule has 0 aliphatic carbocycles. The predicted molar refractivity (Wildman–Crippen MR) is 58.9 cm³/mol. The Morgan fingerprint density at radius 1 is 1.47 bits per heavy atom. The molecule has 0 aromatic carbocycles. The Kier molecular flexibility index (Phi) is 2.18. The van der Waals surface area contributed by atoms with Gasteiger partial charge in [-0.05, 0) is 25.5 Å². The van der Waals surface area contributed by atoms with Gasteiger partial charge in [0, 0.05) is 35.8 Å². The van der Waals surface area contributed by atoms with Crippen molar-refractivity contribution in [2.75, 3.05) is 13.1 Å². The molecule has 0 bridgehead atoms. The molecule has 0 amide bonds. The van der Waals surface area contributed by atoms with E-state index in [-0.39, 0.29) is 0 Å². The van der Waals surface area contributed by atoms with Crippen LogP contribution in [0, 0.1) is 0 Å². The SMILES string of the molecule is c1cc2occ(C3CCCNC3)c2cn1. The average Bonchev–Trinajstić information content (AvgIpc) is 2.74. The van der Waals surface area contributed by atoms with Gasteiger partial charge in [-0.1, -0.05) is 0 Å². The van der Waals surface area contributed by atoms with Crippen molar-refractivity contribution in [1.82, 2.24) is 10.3 Å². The Balaban J connectivity index is 2.02. The lowest BCUT2D eigenvalue weighted by atomic mass is 9.92. The van der Waals surface area contributed by atoms with Gasteiger partial charge in [0.2, 0.25) is 0 Å². The summed E-state index contributed by atoms with van der Waals surface area (Å²) in [5, 5.41) is 4.60. The summed E-state index contributed by atoms with van der Waals surface area (Å²) >= 11 is 0. The molecule has 3 heterocycles. The second-order valence-corrected chi connectivity index (χ2v) is 4.11. The molecule has 1 saturated heterocycles. The largest absolute Gasteiger partial charge is 0.464 e. The van der Waals surface area contributed by atoms with Crippen LogP contribution < -0.4 is 5.32 Å². The van der Waals surface area contributed by atoms with E-state index in [1.165, 1.54) is 23.8 Å². The van der Waals surface area contributed by atoms with Crippen LogP contribution in [-0.4, -0.2) is 18.1 Å². The van der Waals surface area contributed by atoms with Gasteiger partial charge in [0.1, 0.15) is 5.58 Å². The topological polar surface area (TPSA) is 38.1 Å². The minimum absolute atomic E-state index is 0.587. The monoisotopic (exact) mass is 202 g/mol. The number of nitrogens with one attached hydrogen (secondary N) is 1. The minimum Gasteiger partial charge on any atom is -0.464 e. The van der Waals surface area contributed by atoms with E-state index in [2.05, 4.69) is 10.3 Å². The molecule has 3 heteroatoms. The lowest BCUT2D eigenvalue weighted by molar-refractivity contribution is 0.458. The molecule has 3 rings (SSSR count). The summed E-state index contributed by atoms with van der Waals surface area (Å²) in [5.74, 6) is 0.587. The van der Waals surface area contributed by atoms with Gasteiger partial charge in [-0.2, -0.15) is 0 Å². The fourth-order valence-electron chi connectivity index (χ4n) is 2.33. The fourth-order valence-corrected chi connectivity index (χ4v) is 2.33.